The minimum Gasteiger partial charge on any atom is -0.467 e. The van der Waals surface area contributed by atoms with E-state index in [1.807, 2.05) is 29.2 Å². The van der Waals surface area contributed by atoms with Crippen molar-refractivity contribution in [3.05, 3.63) is 58.3 Å². The Morgan fingerprint density at radius 2 is 2.03 bits per heavy atom. The van der Waals surface area contributed by atoms with Gasteiger partial charge >= 0.3 is 0 Å². The Bertz CT molecular complexity index is 1080. The van der Waals surface area contributed by atoms with Gasteiger partial charge in [0, 0.05) is 23.6 Å². The first-order valence-electron chi connectivity index (χ1n) is 9.50. The van der Waals surface area contributed by atoms with Crippen LogP contribution in [0.4, 0.5) is 0 Å². The van der Waals surface area contributed by atoms with Gasteiger partial charge in [0.25, 0.3) is 5.56 Å². The zero-order chi connectivity index (χ0) is 20.4. The molecule has 0 bridgehead atoms. The van der Waals surface area contributed by atoms with Crippen molar-refractivity contribution in [2.24, 2.45) is 5.92 Å². The predicted octanol–water partition coefficient (Wildman–Crippen LogP) is 3.38. The van der Waals surface area contributed by atoms with Gasteiger partial charge in [0.15, 0.2) is 16.6 Å². The molecule has 0 spiro atoms. The van der Waals surface area contributed by atoms with Gasteiger partial charge in [0.1, 0.15) is 5.76 Å². The Morgan fingerprint density at radius 3 is 2.76 bits per heavy atom. The van der Waals surface area contributed by atoms with Crippen LogP contribution in [0.25, 0.3) is 10.9 Å². The molecule has 1 aromatic carbocycles. The number of rotatable bonds is 6. The summed E-state index contributed by atoms with van der Waals surface area (Å²) in [5.41, 5.74) is 1.16. The number of hydrogen-bond acceptors (Lipinski definition) is 5. The highest BCUT2D eigenvalue weighted by Gasteiger charge is 2.18. The van der Waals surface area contributed by atoms with Crippen LogP contribution in [0.2, 0.25) is 0 Å². The van der Waals surface area contributed by atoms with Gasteiger partial charge in [-0.2, -0.15) is 0 Å². The summed E-state index contributed by atoms with van der Waals surface area (Å²) >= 11 is 5.59. The van der Waals surface area contributed by atoms with Crippen LogP contribution in [-0.4, -0.2) is 28.3 Å². The molecule has 2 N–H and O–H groups in total. The van der Waals surface area contributed by atoms with E-state index in [1.165, 1.54) is 0 Å². The molecular weight excluding hydrogens is 390 g/mol. The molecule has 152 valence electrons. The Balaban J connectivity index is 1.62. The number of fused-ring (bicyclic) bond motifs is 2. The Hall–Kier alpha value is -3.00. The van der Waals surface area contributed by atoms with E-state index in [4.69, 9.17) is 26.1 Å². The number of hydrogen-bond donors (Lipinski definition) is 2. The van der Waals surface area contributed by atoms with Crippen LogP contribution in [0.1, 0.15) is 25.2 Å². The Kier molecular flexibility index (Phi) is 5.44. The second kappa shape index (κ2) is 8.16. The average Bonchev–Trinajstić information content (AvgIpc) is 3.35. The number of furan rings is 1. The normalized spacial score (nSPS) is 12.5. The fraction of sp³-hybridized carbons (Fsp3) is 0.333. The smallest absolute Gasteiger partial charge is 0.253 e. The molecule has 0 fully saturated rings. The Labute approximate surface area is 173 Å². The highest BCUT2D eigenvalue weighted by Crippen LogP contribution is 2.35. The molecule has 0 saturated heterocycles. The van der Waals surface area contributed by atoms with Crippen molar-refractivity contribution < 1.29 is 13.9 Å². The van der Waals surface area contributed by atoms with Gasteiger partial charge in [-0.05, 0) is 42.4 Å². The van der Waals surface area contributed by atoms with Crippen LogP contribution in [-0.2, 0) is 13.1 Å². The van der Waals surface area contributed by atoms with Crippen LogP contribution in [0, 0.1) is 5.92 Å². The standard InChI is InChI=1S/C21H23N3O4S/c1-13(2)9-22-21(29)24(11-16-4-3-5-26-16)10-15-6-14-7-18-19(28-12-27-18)8-17(14)23-20(15)25/h3-8,13H,9-12H2,1-2H3,(H,22,29)(H,23,25). The van der Waals surface area contributed by atoms with E-state index in [0.29, 0.717) is 46.7 Å². The summed E-state index contributed by atoms with van der Waals surface area (Å²) in [6, 6.07) is 9.27. The number of nitrogens with zero attached hydrogens (tertiary/aromatic N) is 1. The molecule has 0 unspecified atom stereocenters. The third kappa shape index (κ3) is 4.37. The van der Waals surface area contributed by atoms with Crippen molar-refractivity contribution in [2.75, 3.05) is 13.3 Å². The van der Waals surface area contributed by atoms with Crippen molar-refractivity contribution >= 4 is 28.2 Å². The lowest BCUT2D eigenvalue weighted by Gasteiger charge is -2.25. The SMILES string of the molecule is CC(C)CNC(=S)N(Cc1ccco1)Cc1cc2cc3c(cc2[nH]c1=O)OCO3. The molecule has 3 heterocycles. The molecular formula is C21H23N3O4S. The monoisotopic (exact) mass is 413 g/mol. The van der Waals surface area contributed by atoms with E-state index in [2.05, 4.69) is 24.1 Å². The molecule has 29 heavy (non-hydrogen) atoms. The van der Waals surface area contributed by atoms with E-state index in [0.717, 1.165) is 17.7 Å². The molecule has 4 rings (SSSR count). The van der Waals surface area contributed by atoms with Crippen molar-refractivity contribution in [3.8, 4) is 11.5 Å². The second-order valence-corrected chi connectivity index (χ2v) is 7.82. The number of thiocarbonyl (C=S) groups is 1. The van der Waals surface area contributed by atoms with Gasteiger partial charge < -0.3 is 29.1 Å². The summed E-state index contributed by atoms with van der Waals surface area (Å²) in [6.07, 6.45) is 1.63. The lowest BCUT2D eigenvalue weighted by atomic mass is 10.1. The summed E-state index contributed by atoms with van der Waals surface area (Å²) in [7, 11) is 0. The van der Waals surface area contributed by atoms with Gasteiger partial charge in [0.2, 0.25) is 6.79 Å². The highest BCUT2D eigenvalue weighted by atomic mass is 32.1. The van der Waals surface area contributed by atoms with Gasteiger partial charge in [0.05, 0.1) is 24.9 Å². The molecule has 1 aliphatic heterocycles. The zero-order valence-electron chi connectivity index (χ0n) is 16.4. The molecule has 1 aliphatic rings. The summed E-state index contributed by atoms with van der Waals surface area (Å²) in [6.45, 7) is 6.00. The van der Waals surface area contributed by atoms with Gasteiger partial charge in [-0.1, -0.05) is 13.8 Å². The van der Waals surface area contributed by atoms with Crippen LogP contribution >= 0.6 is 12.2 Å². The Morgan fingerprint density at radius 1 is 1.24 bits per heavy atom. The fourth-order valence-corrected chi connectivity index (χ4v) is 3.37. The molecule has 0 saturated carbocycles. The minimum atomic E-state index is -0.160. The van der Waals surface area contributed by atoms with Crippen LogP contribution in [0.15, 0.2) is 45.8 Å². The third-order valence-electron chi connectivity index (χ3n) is 4.65. The summed E-state index contributed by atoms with van der Waals surface area (Å²) in [4.78, 5) is 17.6. The first-order valence-corrected chi connectivity index (χ1v) is 9.91. The maximum atomic E-state index is 12.7. The van der Waals surface area contributed by atoms with E-state index in [9.17, 15) is 4.79 Å². The minimum absolute atomic E-state index is 0.160. The molecule has 3 aromatic rings. The number of benzene rings is 1. The molecule has 0 aliphatic carbocycles. The number of pyridine rings is 1. The maximum absolute atomic E-state index is 12.7. The summed E-state index contributed by atoms with van der Waals surface area (Å²) in [5, 5.41) is 4.73. The molecule has 0 radical (unpaired) electrons. The average molecular weight is 413 g/mol. The molecule has 7 nitrogen and oxygen atoms in total. The van der Waals surface area contributed by atoms with Crippen molar-refractivity contribution in [3.63, 3.8) is 0 Å². The quantitative estimate of drug-likeness (QED) is 0.600. The molecule has 0 atom stereocenters. The number of ether oxygens (including phenoxy) is 2. The van der Waals surface area contributed by atoms with E-state index < -0.39 is 0 Å². The van der Waals surface area contributed by atoms with Gasteiger partial charge in [-0.15, -0.1) is 0 Å². The van der Waals surface area contributed by atoms with Gasteiger partial charge in [-0.25, -0.2) is 0 Å². The van der Waals surface area contributed by atoms with Crippen LogP contribution < -0.4 is 20.3 Å². The zero-order valence-corrected chi connectivity index (χ0v) is 17.2. The first-order chi connectivity index (χ1) is 14.0. The predicted molar refractivity (Wildman–Crippen MR) is 114 cm³/mol. The van der Waals surface area contributed by atoms with Gasteiger partial charge in [-0.3, -0.25) is 4.79 Å². The number of H-pyrrole nitrogens is 1. The van der Waals surface area contributed by atoms with E-state index >= 15 is 0 Å². The molecule has 8 heteroatoms. The fourth-order valence-electron chi connectivity index (χ4n) is 3.16. The van der Waals surface area contributed by atoms with Crippen molar-refractivity contribution in [1.29, 1.82) is 0 Å². The van der Waals surface area contributed by atoms with E-state index in [1.54, 1.807) is 12.3 Å². The van der Waals surface area contributed by atoms with Crippen LogP contribution in [0.3, 0.4) is 0 Å². The summed E-state index contributed by atoms with van der Waals surface area (Å²) < 4.78 is 16.3. The second-order valence-electron chi connectivity index (χ2n) is 7.43. The lowest BCUT2D eigenvalue weighted by Crippen LogP contribution is -2.41. The summed E-state index contributed by atoms with van der Waals surface area (Å²) in [5.74, 6) is 2.54. The number of aromatic nitrogens is 1. The van der Waals surface area contributed by atoms with E-state index in [-0.39, 0.29) is 12.4 Å². The topological polar surface area (TPSA) is 79.7 Å². The van der Waals surface area contributed by atoms with Crippen molar-refractivity contribution in [2.45, 2.75) is 26.9 Å². The number of aromatic amines is 1. The lowest BCUT2D eigenvalue weighted by molar-refractivity contribution is 0.174. The highest BCUT2D eigenvalue weighted by molar-refractivity contribution is 7.80. The maximum Gasteiger partial charge on any atom is 0.253 e. The van der Waals surface area contributed by atoms with Crippen molar-refractivity contribution in [1.82, 2.24) is 15.2 Å². The van der Waals surface area contributed by atoms with Crippen LogP contribution in [0.5, 0.6) is 11.5 Å². The first kappa shape index (κ1) is 19.3. The molecule has 2 aromatic heterocycles. The third-order valence-corrected chi connectivity index (χ3v) is 5.05. The number of nitrogens with one attached hydrogen (secondary N) is 2. The molecule has 0 amide bonds. The largest absolute Gasteiger partial charge is 0.467 e.